The average Bonchev–Trinajstić information content (AvgIpc) is 3.60. The van der Waals surface area contributed by atoms with E-state index in [1.54, 1.807) is 0 Å². The molecule has 1 heterocycles. The molecule has 5 nitrogen and oxygen atoms in total. The molecular formula is C27H38N4O. The normalized spacial score (nSPS) is 18.4. The van der Waals surface area contributed by atoms with Crippen LogP contribution in [0.15, 0.2) is 36.4 Å². The van der Waals surface area contributed by atoms with Gasteiger partial charge in [0.05, 0.1) is 6.54 Å². The molecule has 32 heavy (non-hydrogen) atoms. The number of likely N-dealkylation sites (N-methyl/N-ethyl adjacent to an activating group) is 1. The van der Waals surface area contributed by atoms with Crippen LogP contribution in [0.2, 0.25) is 0 Å². The quantitative estimate of drug-likeness (QED) is 0.639. The van der Waals surface area contributed by atoms with Crippen LogP contribution in [0.25, 0.3) is 0 Å². The second-order valence-electron chi connectivity index (χ2n) is 9.92. The Kier molecular flexibility index (Phi) is 6.47. The van der Waals surface area contributed by atoms with Crippen LogP contribution in [0.5, 0.6) is 0 Å². The van der Waals surface area contributed by atoms with Crippen molar-refractivity contribution in [2.24, 2.45) is 0 Å². The Morgan fingerprint density at radius 2 is 1.78 bits per heavy atom. The number of nitrogen functional groups attached to an aromatic ring is 1. The number of nitrogens with one attached hydrogen (secondary N) is 1. The minimum atomic E-state index is 0.151. The fraction of sp³-hybridized carbons (Fsp3) is 0.519. The molecule has 5 heteroatoms. The number of anilines is 2. The van der Waals surface area contributed by atoms with Crippen LogP contribution >= 0.6 is 0 Å². The number of carbonyl (C=O) groups excluding carboxylic acids is 1. The zero-order chi connectivity index (χ0) is 22.9. The van der Waals surface area contributed by atoms with E-state index < -0.39 is 0 Å². The lowest BCUT2D eigenvalue weighted by Crippen LogP contribution is -2.48. The number of piperidine rings is 1. The number of amides is 1. The maximum Gasteiger partial charge on any atom is 0.241 e. The summed E-state index contributed by atoms with van der Waals surface area (Å²) in [6, 6.07) is 13.3. The first-order valence-corrected chi connectivity index (χ1v) is 11.9. The van der Waals surface area contributed by atoms with Gasteiger partial charge in [0, 0.05) is 49.5 Å². The standard InChI is InChI=1S/C27H38N4O/c1-19-16-24(20(2)21(3)26(19)28)29-17-25(32)30(4)23-10-14-31(15-11-23)18-27(12-13-27)22-8-6-5-7-9-22/h5-9,16,23,29H,10-15,17-18,28H2,1-4H3. The molecule has 0 bridgehead atoms. The molecule has 0 aromatic heterocycles. The van der Waals surface area contributed by atoms with E-state index in [0.29, 0.717) is 18.0 Å². The van der Waals surface area contributed by atoms with Crippen LogP contribution in [0.3, 0.4) is 0 Å². The predicted molar refractivity (Wildman–Crippen MR) is 133 cm³/mol. The van der Waals surface area contributed by atoms with Gasteiger partial charge >= 0.3 is 0 Å². The third-order valence-corrected chi connectivity index (χ3v) is 7.85. The molecule has 1 aliphatic heterocycles. The highest BCUT2D eigenvalue weighted by atomic mass is 16.2. The minimum Gasteiger partial charge on any atom is -0.398 e. The van der Waals surface area contributed by atoms with Crippen molar-refractivity contribution in [2.75, 3.05) is 44.3 Å². The van der Waals surface area contributed by atoms with Crippen LogP contribution in [-0.2, 0) is 10.2 Å². The van der Waals surface area contributed by atoms with Crippen LogP contribution in [0.4, 0.5) is 11.4 Å². The van der Waals surface area contributed by atoms with E-state index in [9.17, 15) is 4.79 Å². The van der Waals surface area contributed by atoms with Gasteiger partial charge in [-0.05, 0) is 74.8 Å². The first-order chi connectivity index (χ1) is 15.3. The molecule has 2 aromatic rings. The van der Waals surface area contributed by atoms with Gasteiger partial charge in [0.2, 0.25) is 5.91 Å². The molecule has 0 atom stereocenters. The number of benzene rings is 2. The molecule has 1 saturated heterocycles. The molecule has 4 rings (SSSR count). The third-order valence-electron chi connectivity index (χ3n) is 7.85. The summed E-state index contributed by atoms with van der Waals surface area (Å²) in [5.41, 5.74) is 13.1. The van der Waals surface area contributed by atoms with Gasteiger partial charge in [-0.3, -0.25) is 4.79 Å². The Morgan fingerprint density at radius 1 is 1.12 bits per heavy atom. The second kappa shape index (κ2) is 9.14. The molecule has 0 radical (unpaired) electrons. The van der Waals surface area contributed by atoms with Crippen molar-refractivity contribution in [3.8, 4) is 0 Å². The van der Waals surface area contributed by atoms with Crippen molar-refractivity contribution >= 4 is 17.3 Å². The SMILES string of the molecule is Cc1cc(NCC(=O)N(C)C2CCN(CC3(c4ccccc4)CC3)CC2)c(C)c(C)c1N. The van der Waals surface area contributed by atoms with Crippen LogP contribution in [-0.4, -0.2) is 55.0 Å². The highest BCUT2D eigenvalue weighted by Crippen LogP contribution is 2.48. The molecule has 0 unspecified atom stereocenters. The lowest BCUT2D eigenvalue weighted by atomic mass is 9.93. The molecule has 2 aliphatic rings. The van der Waals surface area contributed by atoms with E-state index in [1.807, 2.05) is 31.9 Å². The highest BCUT2D eigenvalue weighted by Gasteiger charge is 2.45. The molecule has 1 amide bonds. The maximum absolute atomic E-state index is 12.9. The van der Waals surface area contributed by atoms with E-state index in [4.69, 9.17) is 5.73 Å². The molecule has 172 valence electrons. The molecule has 2 aromatic carbocycles. The first-order valence-electron chi connectivity index (χ1n) is 11.9. The Bertz CT molecular complexity index is 959. The fourth-order valence-corrected chi connectivity index (χ4v) is 5.16. The van der Waals surface area contributed by atoms with E-state index in [2.05, 4.69) is 47.5 Å². The van der Waals surface area contributed by atoms with Crippen LogP contribution in [0, 0.1) is 20.8 Å². The fourth-order valence-electron chi connectivity index (χ4n) is 5.16. The van der Waals surface area contributed by atoms with Crippen LogP contribution in [0.1, 0.15) is 47.9 Å². The van der Waals surface area contributed by atoms with E-state index in [-0.39, 0.29) is 5.91 Å². The summed E-state index contributed by atoms with van der Waals surface area (Å²) in [6.45, 7) is 9.71. The van der Waals surface area contributed by atoms with Crippen molar-refractivity contribution in [3.05, 3.63) is 58.7 Å². The molecule has 0 spiro atoms. The summed E-state index contributed by atoms with van der Waals surface area (Å²) in [4.78, 5) is 17.5. The van der Waals surface area contributed by atoms with E-state index in [0.717, 1.165) is 60.5 Å². The smallest absolute Gasteiger partial charge is 0.241 e. The predicted octanol–water partition coefficient (Wildman–Crippen LogP) is 4.26. The van der Waals surface area contributed by atoms with Crippen molar-refractivity contribution in [1.82, 2.24) is 9.80 Å². The number of hydrogen-bond donors (Lipinski definition) is 2. The van der Waals surface area contributed by atoms with E-state index in [1.165, 1.54) is 18.4 Å². The number of likely N-dealkylation sites (tertiary alicyclic amines) is 1. The highest BCUT2D eigenvalue weighted by molar-refractivity contribution is 5.81. The Labute approximate surface area is 193 Å². The van der Waals surface area contributed by atoms with Gasteiger partial charge in [0.1, 0.15) is 0 Å². The summed E-state index contributed by atoms with van der Waals surface area (Å²) >= 11 is 0. The Balaban J connectivity index is 1.27. The van der Waals surface area contributed by atoms with Gasteiger partial charge in [-0.2, -0.15) is 0 Å². The minimum absolute atomic E-state index is 0.151. The van der Waals surface area contributed by atoms with Crippen LogP contribution < -0.4 is 11.1 Å². The van der Waals surface area contributed by atoms with Crippen molar-refractivity contribution in [1.29, 1.82) is 0 Å². The van der Waals surface area contributed by atoms with Gasteiger partial charge in [0.15, 0.2) is 0 Å². The summed E-state index contributed by atoms with van der Waals surface area (Å²) in [6.07, 6.45) is 4.69. The number of nitrogens with two attached hydrogens (primary N) is 1. The average molecular weight is 435 g/mol. The molecule has 1 aliphatic carbocycles. The molecule has 3 N–H and O–H groups in total. The van der Waals surface area contributed by atoms with Gasteiger partial charge in [0.25, 0.3) is 0 Å². The number of carbonyl (C=O) groups is 1. The van der Waals surface area contributed by atoms with Crippen molar-refractivity contribution in [3.63, 3.8) is 0 Å². The summed E-state index contributed by atoms with van der Waals surface area (Å²) in [5, 5.41) is 3.35. The summed E-state index contributed by atoms with van der Waals surface area (Å²) in [5.74, 6) is 0.151. The van der Waals surface area contributed by atoms with E-state index >= 15 is 0 Å². The summed E-state index contributed by atoms with van der Waals surface area (Å²) in [7, 11) is 1.96. The van der Waals surface area contributed by atoms with Gasteiger partial charge < -0.3 is 20.9 Å². The van der Waals surface area contributed by atoms with Gasteiger partial charge in [-0.25, -0.2) is 0 Å². The number of hydrogen-bond acceptors (Lipinski definition) is 4. The number of nitrogens with zero attached hydrogens (tertiary/aromatic N) is 2. The van der Waals surface area contributed by atoms with Crippen molar-refractivity contribution < 1.29 is 4.79 Å². The van der Waals surface area contributed by atoms with Crippen molar-refractivity contribution in [2.45, 2.75) is 57.9 Å². The molecule has 2 fully saturated rings. The Morgan fingerprint density at radius 3 is 2.41 bits per heavy atom. The monoisotopic (exact) mass is 434 g/mol. The Hall–Kier alpha value is -2.53. The lowest BCUT2D eigenvalue weighted by molar-refractivity contribution is -0.130. The first kappa shape index (κ1) is 22.7. The number of rotatable bonds is 7. The molecular weight excluding hydrogens is 396 g/mol. The molecule has 1 saturated carbocycles. The second-order valence-corrected chi connectivity index (χ2v) is 9.92. The maximum atomic E-state index is 12.9. The largest absolute Gasteiger partial charge is 0.398 e. The topological polar surface area (TPSA) is 61.6 Å². The zero-order valence-electron chi connectivity index (χ0n) is 20.1. The zero-order valence-corrected chi connectivity index (χ0v) is 20.1. The number of aryl methyl sites for hydroxylation is 1. The van der Waals surface area contributed by atoms with Gasteiger partial charge in [-0.15, -0.1) is 0 Å². The van der Waals surface area contributed by atoms with Gasteiger partial charge in [-0.1, -0.05) is 30.3 Å². The lowest BCUT2D eigenvalue weighted by Gasteiger charge is -2.38. The summed E-state index contributed by atoms with van der Waals surface area (Å²) < 4.78 is 0. The third kappa shape index (κ3) is 4.63.